The van der Waals surface area contributed by atoms with Gasteiger partial charge in [0, 0.05) is 0 Å². The highest BCUT2D eigenvalue weighted by Gasteiger charge is 2.22. The van der Waals surface area contributed by atoms with Gasteiger partial charge in [-0.1, -0.05) is 60.7 Å². The fourth-order valence-electron chi connectivity index (χ4n) is 1.80. The Morgan fingerprint density at radius 2 is 1.59 bits per heavy atom. The lowest BCUT2D eigenvalue weighted by Crippen LogP contribution is -2.39. The maximum Gasteiger partial charge on any atom is 0.417 e. The van der Waals surface area contributed by atoms with E-state index in [1.165, 1.54) is 6.54 Å². The van der Waals surface area contributed by atoms with Crippen LogP contribution < -0.4 is 5.73 Å². The molecule has 2 rings (SSSR count). The molecule has 0 saturated heterocycles. The number of imide groups is 1. The predicted molar refractivity (Wildman–Crippen MR) is 82.4 cm³/mol. The van der Waals surface area contributed by atoms with Crippen molar-refractivity contribution < 1.29 is 14.3 Å². The van der Waals surface area contributed by atoms with E-state index in [1.54, 1.807) is 12.1 Å². The van der Waals surface area contributed by atoms with Crippen molar-refractivity contribution in [2.24, 2.45) is 5.73 Å². The van der Waals surface area contributed by atoms with Crippen molar-refractivity contribution >= 4 is 12.0 Å². The smallest absolute Gasteiger partial charge is 0.417 e. The summed E-state index contributed by atoms with van der Waals surface area (Å²) in [6.07, 6.45) is -0.747. The van der Waals surface area contributed by atoms with Gasteiger partial charge in [-0.3, -0.25) is 4.79 Å². The summed E-state index contributed by atoms with van der Waals surface area (Å²) < 4.78 is 5.16. The van der Waals surface area contributed by atoms with E-state index in [9.17, 15) is 9.59 Å². The molecule has 0 aliphatic rings. The SMILES string of the molecule is NCC(=O)N([CH]c1ccccc1)C(=O)OCc1ccccc1. The number of rotatable bonds is 5. The molecule has 5 heteroatoms. The van der Waals surface area contributed by atoms with Gasteiger partial charge in [0.2, 0.25) is 5.91 Å². The van der Waals surface area contributed by atoms with Gasteiger partial charge in [-0.05, 0) is 11.1 Å². The fourth-order valence-corrected chi connectivity index (χ4v) is 1.80. The van der Waals surface area contributed by atoms with Crippen LogP contribution in [-0.4, -0.2) is 23.4 Å². The largest absolute Gasteiger partial charge is 0.444 e. The van der Waals surface area contributed by atoms with Gasteiger partial charge < -0.3 is 10.5 Å². The topological polar surface area (TPSA) is 72.6 Å². The third-order valence-electron chi connectivity index (χ3n) is 2.92. The van der Waals surface area contributed by atoms with Crippen molar-refractivity contribution in [1.29, 1.82) is 0 Å². The van der Waals surface area contributed by atoms with E-state index in [2.05, 4.69) is 0 Å². The van der Waals surface area contributed by atoms with Crippen LogP contribution in [0, 0.1) is 6.54 Å². The highest BCUT2D eigenvalue weighted by Crippen LogP contribution is 2.10. The Morgan fingerprint density at radius 3 is 2.18 bits per heavy atom. The second-order valence-electron chi connectivity index (χ2n) is 4.55. The molecular formula is C17H17N2O3. The highest BCUT2D eigenvalue weighted by molar-refractivity contribution is 5.94. The number of nitrogens with two attached hydrogens (primary N) is 1. The minimum atomic E-state index is -0.747. The first-order valence-corrected chi connectivity index (χ1v) is 6.83. The zero-order valence-electron chi connectivity index (χ0n) is 12.0. The molecule has 22 heavy (non-hydrogen) atoms. The number of amides is 2. The lowest BCUT2D eigenvalue weighted by Gasteiger charge is -2.19. The van der Waals surface area contributed by atoms with Crippen molar-refractivity contribution in [3.05, 3.63) is 78.3 Å². The number of benzene rings is 2. The number of hydrogen-bond acceptors (Lipinski definition) is 4. The Kier molecular flexibility index (Phi) is 5.68. The Bertz CT molecular complexity index is 614. The van der Waals surface area contributed by atoms with E-state index in [0.29, 0.717) is 5.56 Å². The van der Waals surface area contributed by atoms with E-state index in [-0.39, 0.29) is 13.2 Å². The third kappa shape index (κ3) is 4.43. The molecule has 0 aliphatic heterocycles. The molecule has 5 nitrogen and oxygen atoms in total. The normalized spacial score (nSPS) is 10.0. The van der Waals surface area contributed by atoms with Gasteiger partial charge >= 0.3 is 6.09 Å². The second-order valence-corrected chi connectivity index (χ2v) is 4.55. The average Bonchev–Trinajstić information content (AvgIpc) is 2.58. The summed E-state index contributed by atoms with van der Waals surface area (Å²) in [5.41, 5.74) is 6.91. The first-order chi connectivity index (χ1) is 10.7. The molecule has 0 atom stereocenters. The van der Waals surface area contributed by atoms with Crippen LogP contribution in [0.25, 0.3) is 0 Å². The summed E-state index contributed by atoms with van der Waals surface area (Å²) in [4.78, 5) is 24.9. The first-order valence-electron chi connectivity index (χ1n) is 6.83. The first kappa shape index (κ1) is 15.7. The second kappa shape index (κ2) is 7.95. The van der Waals surface area contributed by atoms with Crippen LogP contribution in [-0.2, 0) is 16.1 Å². The van der Waals surface area contributed by atoms with Gasteiger partial charge in [0.1, 0.15) is 6.61 Å². The molecule has 0 heterocycles. The van der Waals surface area contributed by atoms with Crippen molar-refractivity contribution in [1.82, 2.24) is 4.90 Å². The average molecular weight is 297 g/mol. The Labute approximate surface area is 129 Å². The summed E-state index contributed by atoms with van der Waals surface area (Å²) in [7, 11) is 0. The zero-order valence-corrected chi connectivity index (χ0v) is 12.0. The fraction of sp³-hybridized carbons (Fsp3) is 0.118. The molecule has 113 valence electrons. The summed E-state index contributed by atoms with van der Waals surface area (Å²) >= 11 is 0. The van der Waals surface area contributed by atoms with Crippen LogP contribution in [0.2, 0.25) is 0 Å². The molecule has 2 aromatic carbocycles. The lowest BCUT2D eigenvalue weighted by atomic mass is 10.2. The van der Waals surface area contributed by atoms with Gasteiger partial charge in [-0.25, -0.2) is 9.69 Å². The van der Waals surface area contributed by atoms with E-state index >= 15 is 0 Å². The number of carbonyl (C=O) groups excluding carboxylic acids is 2. The molecule has 0 aromatic heterocycles. The predicted octanol–water partition coefficient (Wildman–Crippen LogP) is 2.32. The maximum atomic E-state index is 12.1. The Hall–Kier alpha value is -2.66. The molecule has 0 bridgehead atoms. The molecule has 0 spiro atoms. The van der Waals surface area contributed by atoms with Crippen molar-refractivity contribution in [2.75, 3.05) is 6.54 Å². The van der Waals surface area contributed by atoms with Crippen LogP contribution in [0.15, 0.2) is 60.7 Å². The molecule has 2 N–H and O–H groups in total. The molecule has 0 unspecified atom stereocenters. The van der Waals surface area contributed by atoms with Crippen LogP contribution in [0.5, 0.6) is 0 Å². The summed E-state index contributed by atoms with van der Waals surface area (Å²) in [5, 5.41) is 0. The molecule has 1 radical (unpaired) electrons. The van der Waals surface area contributed by atoms with Gasteiger partial charge in [-0.2, -0.15) is 0 Å². The van der Waals surface area contributed by atoms with E-state index in [4.69, 9.17) is 10.5 Å². The molecular weight excluding hydrogens is 280 g/mol. The van der Waals surface area contributed by atoms with Gasteiger partial charge in [-0.15, -0.1) is 0 Å². The van der Waals surface area contributed by atoms with E-state index in [1.807, 2.05) is 48.5 Å². The minimum Gasteiger partial charge on any atom is -0.444 e. The Balaban J connectivity index is 2.02. The zero-order chi connectivity index (χ0) is 15.8. The summed E-state index contributed by atoms with van der Waals surface area (Å²) in [6, 6.07) is 18.3. The lowest BCUT2D eigenvalue weighted by molar-refractivity contribution is -0.126. The van der Waals surface area contributed by atoms with Gasteiger partial charge in [0.25, 0.3) is 0 Å². The highest BCUT2D eigenvalue weighted by atomic mass is 16.6. The van der Waals surface area contributed by atoms with E-state index in [0.717, 1.165) is 10.5 Å². The molecule has 2 amide bonds. The molecule has 2 aromatic rings. The summed E-state index contributed by atoms with van der Waals surface area (Å²) in [5.74, 6) is -0.526. The number of hydrogen-bond donors (Lipinski definition) is 1. The van der Waals surface area contributed by atoms with Crippen LogP contribution >= 0.6 is 0 Å². The monoisotopic (exact) mass is 297 g/mol. The van der Waals surface area contributed by atoms with Gasteiger partial charge in [0.15, 0.2) is 0 Å². The minimum absolute atomic E-state index is 0.0939. The number of carbonyl (C=O) groups is 2. The molecule has 0 saturated carbocycles. The Morgan fingerprint density at radius 1 is 1.00 bits per heavy atom. The summed E-state index contributed by atoms with van der Waals surface area (Å²) in [6.45, 7) is 1.24. The maximum absolute atomic E-state index is 12.1. The quantitative estimate of drug-likeness (QED) is 0.919. The molecule has 0 aliphatic carbocycles. The van der Waals surface area contributed by atoms with Crippen molar-refractivity contribution in [3.63, 3.8) is 0 Å². The van der Waals surface area contributed by atoms with Crippen LogP contribution in [0.4, 0.5) is 4.79 Å². The van der Waals surface area contributed by atoms with E-state index < -0.39 is 12.0 Å². The molecule has 0 fully saturated rings. The van der Waals surface area contributed by atoms with Crippen molar-refractivity contribution in [2.45, 2.75) is 6.61 Å². The third-order valence-corrected chi connectivity index (χ3v) is 2.92. The van der Waals surface area contributed by atoms with Crippen LogP contribution in [0.3, 0.4) is 0 Å². The standard InChI is InChI=1S/C17H17N2O3/c18-11-16(20)19(12-14-7-3-1-4-8-14)17(21)22-13-15-9-5-2-6-10-15/h1-10,12H,11,13,18H2. The van der Waals surface area contributed by atoms with Crippen molar-refractivity contribution in [3.8, 4) is 0 Å². The van der Waals surface area contributed by atoms with Gasteiger partial charge in [0.05, 0.1) is 13.1 Å². The number of nitrogens with zero attached hydrogens (tertiary/aromatic N) is 1. The van der Waals surface area contributed by atoms with Crippen LogP contribution in [0.1, 0.15) is 11.1 Å². The number of ether oxygens (including phenoxy) is 1.